The van der Waals surface area contributed by atoms with Gasteiger partial charge < -0.3 is 4.74 Å². The molecular weight excluding hydrogens is 330 g/mol. The Bertz CT molecular complexity index is 1110. The van der Waals surface area contributed by atoms with Crippen LogP contribution in [0.3, 0.4) is 0 Å². The highest BCUT2D eigenvalue weighted by molar-refractivity contribution is 5.78. The van der Waals surface area contributed by atoms with Crippen LogP contribution >= 0.6 is 0 Å². The summed E-state index contributed by atoms with van der Waals surface area (Å²) in [5, 5.41) is 22.2. The third kappa shape index (κ3) is 3.01. The van der Waals surface area contributed by atoms with Gasteiger partial charge in [0.1, 0.15) is 11.4 Å². The standard InChI is InChI=1S/C18H13N7O/c1-12-17(24-25-16-5-3-2-4-14(16)11-20-25)21-18(23-22-12)26-15-8-6-13(10-19)7-9-15/h2-9,11H,1H3,(H,21,23,24). The molecule has 2 heterocycles. The van der Waals surface area contributed by atoms with Crippen molar-refractivity contribution in [2.24, 2.45) is 0 Å². The summed E-state index contributed by atoms with van der Waals surface area (Å²) in [6.07, 6.45) is 1.76. The van der Waals surface area contributed by atoms with E-state index in [1.807, 2.05) is 24.3 Å². The van der Waals surface area contributed by atoms with Gasteiger partial charge in [-0.1, -0.05) is 23.3 Å². The summed E-state index contributed by atoms with van der Waals surface area (Å²) in [6, 6.07) is 16.6. The van der Waals surface area contributed by atoms with Gasteiger partial charge in [-0.25, -0.2) is 0 Å². The number of benzene rings is 2. The molecule has 0 amide bonds. The zero-order chi connectivity index (χ0) is 17.9. The normalized spacial score (nSPS) is 10.5. The number of hydrogen-bond acceptors (Lipinski definition) is 7. The van der Waals surface area contributed by atoms with Gasteiger partial charge in [0.2, 0.25) is 0 Å². The van der Waals surface area contributed by atoms with E-state index >= 15 is 0 Å². The van der Waals surface area contributed by atoms with E-state index < -0.39 is 0 Å². The molecule has 2 aromatic carbocycles. The molecular formula is C18H13N7O. The van der Waals surface area contributed by atoms with Crippen LogP contribution < -0.4 is 10.2 Å². The van der Waals surface area contributed by atoms with Crippen LogP contribution in [0.15, 0.2) is 54.7 Å². The van der Waals surface area contributed by atoms with Gasteiger partial charge in [0.05, 0.1) is 23.3 Å². The number of anilines is 1. The lowest BCUT2D eigenvalue weighted by Gasteiger charge is -2.10. The molecule has 26 heavy (non-hydrogen) atoms. The fourth-order valence-corrected chi connectivity index (χ4v) is 2.38. The molecule has 0 atom stereocenters. The fourth-order valence-electron chi connectivity index (χ4n) is 2.38. The average molecular weight is 343 g/mol. The van der Waals surface area contributed by atoms with Crippen molar-refractivity contribution in [2.75, 3.05) is 5.43 Å². The molecule has 0 fully saturated rings. The molecule has 8 heteroatoms. The first-order chi connectivity index (χ1) is 12.7. The Morgan fingerprint density at radius 1 is 1.08 bits per heavy atom. The number of nitriles is 1. The van der Waals surface area contributed by atoms with Gasteiger partial charge in [-0.05, 0) is 37.3 Å². The van der Waals surface area contributed by atoms with E-state index in [2.05, 4.69) is 31.8 Å². The molecule has 0 radical (unpaired) electrons. The number of nitrogens with zero attached hydrogens (tertiary/aromatic N) is 6. The van der Waals surface area contributed by atoms with Gasteiger partial charge in [-0.3, -0.25) is 5.43 Å². The lowest BCUT2D eigenvalue weighted by Crippen LogP contribution is -2.14. The maximum atomic E-state index is 8.84. The van der Waals surface area contributed by atoms with Crippen LogP contribution in [0.1, 0.15) is 11.3 Å². The van der Waals surface area contributed by atoms with Crippen LogP contribution in [0.5, 0.6) is 11.8 Å². The molecule has 8 nitrogen and oxygen atoms in total. The highest BCUT2D eigenvalue weighted by Gasteiger charge is 2.10. The minimum absolute atomic E-state index is 0.0965. The molecule has 0 saturated carbocycles. The number of ether oxygens (including phenoxy) is 1. The van der Waals surface area contributed by atoms with Crippen LogP contribution in [-0.2, 0) is 0 Å². The lowest BCUT2D eigenvalue weighted by molar-refractivity contribution is 0.432. The Morgan fingerprint density at radius 3 is 2.69 bits per heavy atom. The first-order valence-corrected chi connectivity index (χ1v) is 7.82. The van der Waals surface area contributed by atoms with Crippen molar-refractivity contribution in [1.29, 1.82) is 5.26 Å². The van der Waals surface area contributed by atoms with Crippen molar-refractivity contribution in [2.45, 2.75) is 6.92 Å². The Kier molecular flexibility index (Phi) is 3.88. The number of nitrogens with one attached hydrogen (secondary N) is 1. The van der Waals surface area contributed by atoms with Crippen molar-refractivity contribution < 1.29 is 4.74 Å². The summed E-state index contributed by atoms with van der Waals surface area (Å²) in [4.78, 5) is 5.98. The molecule has 0 unspecified atom stereocenters. The van der Waals surface area contributed by atoms with Gasteiger partial charge in [0.15, 0.2) is 5.82 Å². The van der Waals surface area contributed by atoms with Crippen molar-refractivity contribution >= 4 is 16.7 Å². The van der Waals surface area contributed by atoms with Crippen molar-refractivity contribution in [3.05, 3.63) is 66.0 Å². The summed E-state index contributed by atoms with van der Waals surface area (Å²) in [5.74, 6) is 1.00. The zero-order valence-corrected chi connectivity index (χ0v) is 13.8. The highest BCUT2D eigenvalue weighted by atomic mass is 16.5. The molecule has 0 saturated heterocycles. The second kappa shape index (κ2) is 6.49. The summed E-state index contributed by atoms with van der Waals surface area (Å²) < 4.78 is 5.62. The number of aryl methyl sites for hydroxylation is 1. The van der Waals surface area contributed by atoms with E-state index in [-0.39, 0.29) is 6.01 Å². The largest absolute Gasteiger partial charge is 0.423 e. The van der Waals surface area contributed by atoms with E-state index in [1.165, 1.54) is 0 Å². The maximum absolute atomic E-state index is 8.84. The molecule has 0 spiro atoms. The zero-order valence-electron chi connectivity index (χ0n) is 13.8. The van der Waals surface area contributed by atoms with Gasteiger partial charge in [0.25, 0.3) is 0 Å². The van der Waals surface area contributed by atoms with E-state index in [4.69, 9.17) is 10.00 Å². The van der Waals surface area contributed by atoms with E-state index in [0.29, 0.717) is 22.8 Å². The second-order valence-electron chi connectivity index (χ2n) is 5.49. The monoisotopic (exact) mass is 343 g/mol. The Hall–Kier alpha value is -3.99. The molecule has 0 aliphatic rings. The first-order valence-electron chi connectivity index (χ1n) is 7.82. The van der Waals surface area contributed by atoms with Crippen molar-refractivity contribution in [1.82, 2.24) is 25.1 Å². The van der Waals surface area contributed by atoms with E-state index in [0.717, 1.165) is 10.9 Å². The Labute approximate surface area is 148 Å². The van der Waals surface area contributed by atoms with Crippen LogP contribution in [0.2, 0.25) is 0 Å². The summed E-state index contributed by atoms with van der Waals surface area (Å²) in [6.45, 7) is 1.79. The Balaban J connectivity index is 1.60. The van der Waals surface area contributed by atoms with Gasteiger partial charge >= 0.3 is 6.01 Å². The predicted octanol–water partition coefficient (Wildman–Crippen LogP) is 3.07. The van der Waals surface area contributed by atoms with Gasteiger partial charge in [0, 0.05) is 5.39 Å². The smallest absolute Gasteiger partial charge is 0.343 e. The number of hydrogen-bond donors (Lipinski definition) is 1. The summed E-state index contributed by atoms with van der Waals surface area (Å²) in [5.41, 5.74) is 5.18. The molecule has 126 valence electrons. The maximum Gasteiger partial charge on any atom is 0.343 e. The minimum Gasteiger partial charge on any atom is -0.423 e. The summed E-state index contributed by atoms with van der Waals surface area (Å²) >= 11 is 0. The van der Waals surface area contributed by atoms with Crippen LogP contribution in [0, 0.1) is 18.3 Å². The number of fused-ring (bicyclic) bond motifs is 1. The molecule has 4 rings (SSSR count). The number of para-hydroxylation sites is 1. The third-order valence-electron chi connectivity index (χ3n) is 3.72. The number of aromatic nitrogens is 5. The van der Waals surface area contributed by atoms with Crippen molar-refractivity contribution in [3.63, 3.8) is 0 Å². The van der Waals surface area contributed by atoms with Crippen LogP contribution in [0.25, 0.3) is 10.9 Å². The summed E-state index contributed by atoms with van der Waals surface area (Å²) in [7, 11) is 0. The number of rotatable bonds is 4. The van der Waals surface area contributed by atoms with Crippen LogP contribution in [-0.4, -0.2) is 25.1 Å². The molecule has 1 N–H and O–H groups in total. The first kappa shape index (κ1) is 15.5. The van der Waals surface area contributed by atoms with Crippen LogP contribution in [0.4, 0.5) is 5.82 Å². The fraction of sp³-hybridized carbons (Fsp3) is 0.0556. The SMILES string of the molecule is Cc1nnc(Oc2ccc(C#N)cc2)nc1Nn1ncc2ccccc21. The van der Waals surface area contributed by atoms with Gasteiger partial charge in [-0.15, -0.1) is 5.10 Å². The van der Waals surface area contributed by atoms with Crippen molar-refractivity contribution in [3.8, 4) is 17.8 Å². The van der Waals surface area contributed by atoms with Gasteiger partial charge in [-0.2, -0.15) is 20.1 Å². The lowest BCUT2D eigenvalue weighted by atomic mass is 10.2. The molecule has 2 aromatic heterocycles. The molecule has 0 aliphatic heterocycles. The highest BCUT2D eigenvalue weighted by Crippen LogP contribution is 2.20. The topological polar surface area (TPSA) is 102 Å². The third-order valence-corrected chi connectivity index (χ3v) is 3.72. The second-order valence-corrected chi connectivity index (χ2v) is 5.49. The minimum atomic E-state index is 0.0965. The molecule has 4 aromatic rings. The predicted molar refractivity (Wildman–Crippen MR) is 94.5 cm³/mol. The Morgan fingerprint density at radius 2 is 1.88 bits per heavy atom. The van der Waals surface area contributed by atoms with E-state index in [9.17, 15) is 0 Å². The quantitative estimate of drug-likeness (QED) is 0.607. The molecule has 0 aliphatic carbocycles. The molecule has 0 bridgehead atoms. The van der Waals surface area contributed by atoms with E-state index in [1.54, 1.807) is 42.2 Å². The average Bonchev–Trinajstić information content (AvgIpc) is 3.08.